The molecule has 0 spiro atoms. The van der Waals surface area contributed by atoms with Gasteiger partial charge in [-0.05, 0) is 62.0 Å². The van der Waals surface area contributed by atoms with Crippen molar-refractivity contribution < 1.29 is 0 Å². The molecule has 1 aromatic heterocycles. The minimum absolute atomic E-state index is 0.456. The Labute approximate surface area is 169 Å². The molecule has 7 heteroatoms. The summed E-state index contributed by atoms with van der Waals surface area (Å²) >= 11 is 1.28. The van der Waals surface area contributed by atoms with Crippen LogP contribution in [0.5, 0.6) is 0 Å². The number of hydrogen-bond acceptors (Lipinski definition) is 6. The lowest BCUT2D eigenvalue weighted by atomic mass is 10.1. The normalized spacial score (nSPS) is 10.3. The zero-order valence-electron chi connectivity index (χ0n) is 16.0. The van der Waals surface area contributed by atoms with Gasteiger partial charge >= 0.3 is 0 Å². The van der Waals surface area contributed by atoms with Crippen LogP contribution in [0.2, 0.25) is 0 Å². The monoisotopic (exact) mass is 388 g/mol. The molecule has 1 heterocycles. The number of rotatable bonds is 6. The Hall–Kier alpha value is -3.29. The maximum absolute atomic E-state index is 9.36. The Bertz CT molecular complexity index is 1020. The lowest BCUT2D eigenvalue weighted by Gasteiger charge is -2.21. The SMILES string of the molecule is CCN(CC)c1ccc(-c2nnc(Sc3c(C#N)cccc3C#N)n2C)cc1. The molecule has 0 atom stereocenters. The van der Waals surface area contributed by atoms with Gasteiger partial charge in [0, 0.05) is 31.4 Å². The van der Waals surface area contributed by atoms with Crippen LogP contribution < -0.4 is 4.90 Å². The van der Waals surface area contributed by atoms with Gasteiger partial charge in [-0.1, -0.05) is 6.07 Å². The number of nitriles is 2. The fourth-order valence-corrected chi connectivity index (χ4v) is 3.91. The van der Waals surface area contributed by atoms with Gasteiger partial charge in [-0.3, -0.25) is 0 Å². The smallest absolute Gasteiger partial charge is 0.196 e. The largest absolute Gasteiger partial charge is 0.372 e. The van der Waals surface area contributed by atoms with E-state index in [2.05, 4.69) is 53.2 Å². The molecule has 140 valence electrons. The highest BCUT2D eigenvalue weighted by Gasteiger charge is 2.16. The zero-order chi connectivity index (χ0) is 20.1. The van der Waals surface area contributed by atoms with Crippen molar-refractivity contribution in [3.05, 3.63) is 53.6 Å². The van der Waals surface area contributed by atoms with E-state index in [1.165, 1.54) is 17.4 Å². The Morgan fingerprint density at radius 2 is 1.57 bits per heavy atom. The molecule has 6 nitrogen and oxygen atoms in total. The molecule has 0 amide bonds. The molecule has 0 saturated heterocycles. The van der Waals surface area contributed by atoms with Crippen LogP contribution in [0.25, 0.3) is 11.4 Å². The van der Waals surface area contributed by atoms with Crippen molar-refractivity contribution in [1.29, 1.82) is 10.5 Å². The molecule has 3 aromatic rings. The first-order valence-corrected chi connectivity index (χ1v) is 9.80. The Balaban J connectivity index is 1.92. The summed E-state index contributed by atoms with van der Waals surface area (Å²) in [6.07, 6.45) is 0. The summed E-state index contributed by atoms with van der Waals surface area (Å²) in [5.74, 6) is 0.738. The number of aromatic nitrogens is 3. The van der Waals surface area contributed by atoms with Crippen LogP contribution in [0.15, 0.2) is 52.5 Å². The molecule has 0 fully saturated rings. The van der Waals surface area contributed by atoms with Crippen molar-refractivity contribution in [2.75, 3.05) is 18.0 Å². The van der Waals surface area contributed by atoms with E-state index in [0.29, 0.717) is 21.2 Å². The minimum Gasteiger partial charge on any atom is -0.372 e. The third kappa shape index (κ3) is 3.71. The number of anilines is 1. The van der Waals surface area contributed by atoms with Crippen molar-refractivity contribution in [2.24, 2.45) is 7.05 Å². The van der Waals surface area contributed by atoms with Gasteiger partial charge in [-0.25, -0.2) is 0 Å². The zero-order valence-corrected chi connectivity index (χ0v) is 16.9. The predicted molar refractivity (Wildman–Crippen MR) is 110 cm³/mol. The van der Waals surface area contributed by atoms with Crippen LogP contribution in [0.4, 0.5) is 5.69 Å². The lowest BCUT2D eigenvalue weighted by molar-refractivity contribution is 0.793. The second kappa shape index (κ2) is 8.60. The van der Waals surface area contributed by atoms with Gasteiger partial charge < -0.3 is 9.47 Å². The predicted octanol–water partition coefficient (Wildman–Crippen LogP) is 4.22. The minimum atomic E-state index is 0.456. The standard InChI is InChI=1S/C21H20N6S/c1-4-27(5-2)18-11-9-15(10-12-18)20-24-25-21(26(20)3)28-19-16(13-22)7-6-8-17(19)14-23/h6-12H,4-5H2,1-3H3. The fraction of sp³-hybridized carbons (Fsp3) is 0.238. The molecule has 0 saturated carbocycles. The fourth-order valence-electron chi connectivity index (χ4n) is 2.98. The van der Waals surface area contributed by atoms with Crippen LogP contribution in [-0.2, 0) is 7.05 Å². The van der Waals surface area contributed by atoms with Gasteiger partial charge in [-0.15, -0.1) is 10.2 Å². The van der Waals surface area contributed by atoms with Crippen LogP contribution >= 0.6 is 11.8 Å². The third-order valence-corrected chi connectivity index (χ3v) is 5.72. The van der Waals surface area contributed by atoms with E-state index in [1.54, 1.807) is 18.2 Å². The lowest BCUT2D eigenvalue weighted by Crippen LogP contribution is -2.21. The molecular weight excluding hydrogens is 368 g/mol. The molecule has 0 aliphatic heterocycles. The van der Waals surface area contributed by atoms with Gasteiger partial charge in [0.05, 0.1) is 16.0 Å². The van der Waals surface area contributed by atoms with E-state index in [0.717, 1.165) is 24.5 Å². The van der Waals surface area contributed by atoms with Gasteiger partial charge in [0.25, 0.3) is 0 Å². The molecule has 0 radical (unpaired) electrons. The molecular formula is C21H20N6S. The summed E-state index contributed by atoms with van der Waals surface area (Å²) in [6, 6.07) is 17.6. The van der Waals surface area contributed by atoms with Crippen molar-refractivity contribution in [3.8, 4) is 23.5 Å². The molecule has 28 heavy (non-hydrogen) atoms. The Morgan fingerprint density at radius 3 is 2.11 bits per heavy atom. The average Bonchev–Trinajstić information content (AvgIpc) is 3.10. The molecule has 2 aromatic carbocycles. The van der Waals surface area contributed by atoms with Gasteiger partial charge in [0.15, 0.2) is 11.0 Å². The Kier molecular flexibility index (Phi) is 5.98. The van der Waals surface area contributed by atoms with Crippen LogP contribution in [0.3, 0.4) is 0 Å². The van der Waals surface area contributed by atoms with Crippen LogP contribution in [0.1, 0.15) is 25.0 Å². The average molecular weight is 389 g/mol. The number of benzene rings is 2. The summed E-state index contributed by atoms with van der Waals surface area (Å²) in [7, 11) is 1.89. The summed E-state index contributed by atoms with van der Waals surface area (Å²) in [5.41, 5.74) is 3.05. The quantitative estimate of drug-likeness (QED) is 0.629. The van der Waals surface area contributed by atoms with Crippen LogP contribution in [-0.4, -0.2) is 27.9 Å². The highest BCUT2D eigenvalue weighted by atomic mass is 32.2. The maximum atomic E-state index is 9.36. The second-order valence-electron chi connectivity index (χ2n) is 6.09. The van der Waals surface area contributed by atoms with Gasteiger partial charge in [0.2, 0.25) is 0 Å². The van der Waals surface area contributed by atoms with E-state index in [9.17, 15) is 10.5 Å². The maximum Gasteiger partial charge on any atom is 0.196 e. The van der Waals surface area contributed by atoms with E-state index in [1.807, 2.05) is 23.7 Å². The van der Waals surface area contributed by atoms with Gasteiger partial charge in [0.1, 0.15) is 12.1 Å². The number of hydrogen-bond donors (Lipinski definition) is 0. The van der Waals surface area contributed by atoms with Crippen molar-refractivity contribution >= 4 is 17.4 Å². The molecule has 3 rings (SSSR count). The van der Waals surface area contributed by atoms with Crippen molar-refractivity contribution in [3.63, 3.8) is 0 Å². The van der Waals surface area contributed by atoms with E-state index in [4.69, 9.17) is 0 Å². The van der Waals surface area contributed by atoms with Crippen LogP contribution in [0, 0.1) is 22.7 Å². The highest BCUT2D eigenvalue weighted by Crippen LogP contribution is 2.33. The molecule has 0 aliphatic carbocycles. The summed E-state index contributed by atoms with van der Waals surface area (Å²) < 4.78 is 1.88. The first-order chi connectivity index (χ1) is 13.6. The Morgan fingerprint density at radius 1 is 0.964 bits per heavy atom. The summed E-state index contributed by atoms with van der Waals surface area (Å²) in [6.45, 7) is 6.19. The first kappa shape index (κ1) is 19.5. The highest BCUT2D eigenvalue weighted by molar-refractivity contribution is 7.99. The van der Waals surface area contributed by atoms with E-state index in [-0.39, 0.29) is 0 Å². The third-order valence-electron chi connectivity index (χ3n) is 4.54. The molecule has 0 bridgehead atoms. The van der Waals surface area contributed by atoms with Gasteiger partial charge in [-0.2, -0.15) is 10.5 Å². The number of nitrogens with zero attached hydrogens (tertiary/aromatic N) is 6. The van der Waals surface area contributed by atoms with Crippen molar-refractivity contribution in [1.82, 2.24) is 14.8 Å². The second-order valence-corrected chi connectivity index (χ2v) is 7.07. The van der Waals surface area contributed by atoms with E-state index < -0.39 is 0 Å². The topological polar surface area (TPSA) is 81.5 Å². The molecule has 0 N–H and O–H groups in total. The van der Waals surface area contributed by atoms with Crippen molar-refractivity contribution in [2.45, 2.75) is 23.9 Å². The van der Waals surface area contributed by atoms with E-state index >= 15 is 0 Å². The first-order valence-electron chi connectivity index (χ1n) is 8.98. The summed E-state index contributed by atoms with van der Waals surface area (Å²) in [5, 5.41) is 27.9. The molecule has 0 unspecified atom stereocenters. The molecule has 0 aliphatic rings. The summed E-state index contributed by atoms with van der Waals surface area (Å²) in [4.78, 5) is 2.88.